The van der Waals surface area contributed by atoms with Crippen LogP contribution < -0.4 is 5.32 Å². The molecule has 1 unspecified atom stereocenters. The average molecular weight is 322 g/mol. The van der Waals surface area contributed by atoms with Crippen LogP contribution in [0.2, 0.25) is 0 Å². The highest BCUT2D eigenvalue weighted by atomic mass is 79.9. The molecule has 1 heterocycles. The van der Waals surface area contributed by atoms with E-state index in [9.17, 15) is 0 Å². The van der Waals surface area contributed by atoms with Gasteiger partial charge in [0.15, 0.2) is 0 Å². The van der Waals surface area contributed by atoms with Crippen molar-refractivity contribution in [2.24, 2.45) is 0 Å². The predicted molar refractivity (Wildman–Crippen MR) is 82.3 cm³/mol. The van der Waals surface area contributed by atoms with Crippen molar-refractivity contribution in [1.29, 1.82) is 0 Å². The first kappa shape index (κ1) is 14.3. The van der Waals surface area contributed by atoms with Crippen molar-refractivity contribution in [2.75, 3.05) is 7.05 Å². The molecule has 0 radical (unpaired) electrons. The Balaban J connectivity index is 2.22. The van der Waals surface area contributed by atoms with Gasteiger partial charge in [0.25, 0.3) is 0 Å². The van der Waals surface area contributed by atoms with Gasteiger partial charge in [0.1, 0.15) is 5.82 Å². The molecule has 0 spiro atoms. The fourth-order valence-corrected chi connectivity index (χ4v) is 2.52. The number of nitrogens with zero attached hydrogens (tertiary/aromatic N) is 2. The highest BCUT2D eigenvalue weighted by Crippen LogP contribution is 2.23. The van der Waals surface area contributed by atoms with E-state index in [-0.39, 0.29) is 0 Å². The third-order valence-electron chi connectivity index (χ3n) is 3.46. The molecule has 1 aromatic carbocycles. The molecule has 0 bridgehead atoms. The first-order valence-electron chi connectivity index (χ1n) is 6.59. The Morgan fingerprint density at radius 1 is 1.42 bits per heavy atom. The van der Waals surface area contributed by atoms with E-state index in [2.05, 4.69) is 62.8 Å². The van der Waals surface area contributed by atoms with Gasteiger partial charge >= 0.3 is 0 Å². The summed E-state index contributed by atoms with van der Waals surface area (Å²) in [6, 6.07) is 6.79. The Morgan fingerprint density at radius 3 is 2.84 bits per heavy atom. The van der Waals surface area contributed by atoms with Crippen LogP contribution >= 0.6 is 15.9 Å². The Morgan fingerprint density at radius 2 is 2.21 bits per heavy atom. The Kier molecular flexibility index (Phi) is 4.77. The lowest BCUT2D eigenvalue weighted by Crippen LogP contribution is -2.20. The summed E-state index contributed by atoms with van der Waals surface area (Å²) < 4.78 is 3.34. The molecule has 1 N–H and O–H groups in total. The number of likely N-dealkylation sites (N-methyl/N-ethyl adjacent to an activating group) is 1. The molecule has 2 aromatic rings. The zero-order chi connectivity index (χ0) is 13.8. The van der Waals surface area contributed by atoms with Gasteiger partial charge in [0, 0.05) is 35.9 Å². The fraction of sp³-hybridized carbons (Fsp3) is 0.400. The third kappa shape index (κ3) is 3.25. The zero-order valence-electron chi connectivity index (χ0n) is 11.7. The summed E-state index contributed by atoms with van der Waals surface area (Å²) in [6.45, 7) is 5.22. The molecule has 3 nitrogen and oxygen atoms in total. The molecule has 0 aliphatic rings. The smallest absolute Gasteiger partial charge is 0.110 e. The van der Waals surface area contributed by atoms with Crippen LogP contribution in [0.4, 0.5) is 0 Å². The molecule has 0 amide bonds. The molecule has 2 rings (SSSR count). The maximum absolute atomic E-state index is 4.45. The predicted octanol–water partition coefficient (Wildman–Crippen LogP) is 3.48. The van der Waals surface area contributed by atoms with Gasteiger partial charge in [0.2, 0.25) is 0 Å². The van der Waals surface area contributed by atoms with E-state index in [0.29, 0.717) is 6.04 Å². The Hall–Kier alpha value is -1.13. The van der Waals surface area contributed by atoms with Crippen molar-refractivity contribution >= 4 is 15.9 Å². The summed E-state index contributed by atoms with van der Waals surface area (Å²) in [4.78, 5) is 4.45. The quantitative estimate of drug-likeness (QED) is 0.913. The number of nitrogens with one attached hydrogen (secondary N) is 1. The van der Waals surface area contributed by atoms with Crippen LogP contribution in [0.15, 0.2) is 35.1 Å². The molecular formula is C15H20BrN3. The van der Waals surface area contributed by atoms with Crippen LogP contribution in [0, 0.1) is 6.92 Å². The number of hydrogen-bond acceptors (Lipinski definition) is 2. The van der Waals surface area contributed by atoms with Crippen molar-refractivity contribution in [3.05, 3.63) is 52.0 Å². The minimum Gasteiger partial charge on any atom is -0.335 e. The van der Waals surface area contributed by atoms with Crippen LogP contribution in [0.5, 0.6) is 0 Å². The number of hydrogen-bond donors (Lipinski definition) is 1. The molecule has 0 aliphatic heterocycles. The molecule has 0 saturated heterocycles. The number of benzene rings is 1. The maximum Gasteiger partial charge on any atom is 0.110 e. The van der Waals surface area contributed by atoms with Crippen LogP contribution in [0.3, 0.4) is 0 Å². The fourth-order valence-electron chi connectivity index (χ4n) is 2.27. The largest absolute Gasteiger partial charge is 0.335 e. The lowest BCUT2D eigenvalue weighted by atomic mass is 10.0. The monoisotopic (exact) mass is 321 g/mol. The van der Waals surface area contributed by atoms with Crippen molar-refractivity contribution < 1.29 is 0 Å². The summed E-state index contributed by atoms with van der Waals surface area (Å²) in [5, 5.41) is 3.39. The van der Waals surface area contributed by atoms with E-state index < -0.39 is 0 Å². The van der Waals surface area contributed by atoms with E-state index in [0.717, 1.165) is 23.3 Å². The van der Waals surface area contributed by atoms with Crippen LogP contribution in [-0.4, -0.2) is 16.6 Å². The third-order valence-corrected chi connectivity index (χ3v) is 4.35. The first-order chi connectivity index (χ1) is 9.15. The molecule has 1 atom stereocenters. The van der Waals surface area contributed by atoms with Crippen molar-refractivity contribution in [2.45, 2.75) is 32.9 Å². The van der Waals surface area contributed by atoms with Crippen molar-refractivity contribution in [1.82, 2.24) is 14.9 Å². The number of aryl methyl sites for hydroxylation is 2. The Bertz CT molecular complexity index is 548. The van der Waals surface area contributed by atoms with Crippen molar-refractivity contribution in [3.8, 4) is 0 Å². The standard InChI is InChI=1S/C15H20BrN3/c1-4-19-8-7-18-15(19)10-14(17-3)12-5-6-13(16)11(2)9-12/h5-9,14,17H,4,10H2,1-3H3. The van der Waals surface area contributed by atoms with Crippen LogP contribution in [-0.2, 0) is 13.0 Å². The molecule has 0 saturated carbocycles. The average Bonchev–Trinajstić information content (AvgIpc) is 2.86. The second-order valence-electron chi connectivity index (χ2n) is 4.68. The van der Waals surface area contributed by atoms with Gasteiger partial charge in [-0.3, -0.25) is 0 Å². The number of halogens is 1. The molecule has 1 aromatic heterocycles. The van der Waals surface area contributed by atoms with Gasteiger partial charge in [-0.15, -0.1) is 0 Å². The molecule has 19 heavy (non-hydrogen) atoms. The normalized spacial score (nSPS) is 12.6. The first-order valence-corrected chi connectivity index (χ1v) is 7.38. The van der Waals surface area contributed by atoms with Gasteiger partial charge in [0.05, 0.1) is 0 Å². The summed E-state index contributed by atoms with van der Waals surface area (Å²) in [7, 11) is 2.00. The number of aromatic nitrogens is 2. The summed E-state index contributed by atoms with van der Waals surface area (Å²) >= 11 is 3.55. The molecular weight excluding hydrogens is 302 g/mol. The SMILES string of the molecule is CCn1ccnc1CC(NC)c1ccc(Br)c(C)c1. The lowest BCUT2D eigenvalue weighted by Gasteiger charge is -2.18. The minimum atomic E-state index is 0.291. The van der Waals surface area contributed by atoms with Crippen molar-refractivity contribution in [3.63, 3.8) is 0 Å². The van der Waals surface area contributed by atoms with E-state index in [4.69, 9.17) is 0 Å². The Labute approximate surface area is 123 Å². The lowest BCUT2D eigenvalue weighted by molar-refractivity contribution is 0.552. The van der Waals surface area contributed by atoms with E-state index in [1.54, 1.807) is 0 Å². The maximum atomic E-state index is 4.45. The van der Waals surface area contributed by atoms with E-state index >= 15 is 0 Å². The van der Waals surface area contributed by atoms with Crippen LogP contribution in [0.1, 0.15) is 29.9 Å². The molecule has 4 heteroatoms. The second kappa shape index (κ2) is 6.35. The summed E-state index contributed by atoms with van der Waals surface area (Å²) in [5.74, 6) is 1.13. The van der Waals surface area contributed by atoms with Gasteiger partial charge in [-0.1, -0.05) is 28.1 Å². The van der Waals surface area contributed by atoms with Gasteiger partial charge in [-0.05, 0) is 38.1 Å². The van der Waals surface area contributed by atoms with Crippen LogP contribution in [0.25, 0.3) is 0 Å². The summed E-state index contributed by atoms with van der Waals surface area (Å²) in [6.07, 6.45) is 4.81. The molecule has 0 aliphatic carbocycles. The number of imidazole rings is 1. The van der Waals surface area contributed by atoms with Gasteiger partial charge < -0.3 is 9.88 Å². The second-order valence-corrected chi connectivity index (χ2v) is 5.54. The minimum absolute atomic E-state index is 0.291. The topological polar surface area (TPSA) is 29.9 Å². The van der Waals surface area contributed by atoms with E-state index in [1.807, 2.05) is 19.4 Å². The molecule has 102 valence electrons. The highest BCUT2D eigenvalue weighted by Gasteiger charge is 2.14. The highest BCUT2D eigenvalue weighted by molar-refractivity contribution is 9.10. The summed E-state index contributed by atoms with van der Waals surface area (Å²) in [5.41, 5.74) is 2.56. The zero-order valence-corrected chi connectivity index (χ0v) is 13.2. The van der Waals surface area contributed by atoms with Gasteiger partial charge in [-0.25, -0.2) is 4.98 Å². The number of rotatable bonds is 5. The molecule has 0 fully saturated rings. The van der Waals surface area contributed by atoms with Gasteiger partial charge in [-0.2, -0.15) is 0 Å². The van der Waals surface area contributed by atoms with E-state index in [1.165, 1.54) is 11.1 Å².